The number of hydrogen-bond acceptors (Lipinski definition) is 9. The zero-order valence-electron chi connectivity index (χ0n) is 11.5. The molecule has 0 aliphatic carbocycles. The molecule has 2 fully saturated rings. The van der Waals surface area contributed by atoms with E-state index in [9.17, 15) is 25.5 Å². The summed E-state index contributed by atoms with van der Waals surface area (Å²) < 4.78 is 15.6. The topological polar surface area (TPSA) is 149 Å². The highest BCUT2D eigenvalue weighted by molar-refractivity contribution is 4.92. The van der Waals surface area contributed by atoms with Crippen molar-refractivity contribution in [3.05, 3.63) is 0 Å². The molecule has 2 aliphatic rings. The first-order chi connectivity index (χ1) is 9.86. The van der Waals surface area contributed by atoms with Crippen molar-refractivity contribution in [3.8, 4) is 0 Å². The van der Waals surface area contributed by atoms with E-state index in [-0.39, 0.29) is 6.61 Å². The van der Waals surface area contributed by atoms with Gasteiger partial charge in [0.2, 0.25) is 0 Å². The van der Waals surface area contributed by atoms with Crippen molar-refractivity contribution in [2.45, 2.75) is 62.0 Å². The van der Waals surface area contributed by atoms with E-state index in [0.29, 0.717) is 0 Å². The van der Waals surface area contributed by atoms with Gasteiger partial charge in [0, 0.05) is 0 Å². The Bertz CT molecular complexity index is 339. The lowest BCUT2D eigenvalue weighted by molar-refractivity contribution is -0.334. The van der Waals surface area contributed by atoms with Crippen LogP contribution in [0.1, 0.15) is 6.92 Å². The third-order valence-corrected chi connectivity index (χ3v) is 3.87. The van der Waals surface area contributed by atoms with Crippen molar-refractivity contribution in [1.29, 1.82) is 0 Å². The van der Waals surface area contributed by atoms with Gasteiger partial charge in [-0.1, -0.05) is 0 Å². The van der Waals surface area contributed by atoms with E-state index in [1.807, 2.05) is 0 Å². The molecule has 0 aromatic carbocycles. The van der Waals surface area contributed by atoms with Gasteiger partial charge in [-0.05, 0) is 6.92 Å². The summed E-state index contributed by atoms with van der Waals surface area (Å²) in [5.41, 5.74) is 0. The van der Waals surface area contributed by atoms with Gasteiger partial charge in [-0.2, -0.15) is 0 Å². The summed E-state index contributed by atoms with van der Waals surface area (Å²) in [4.78, 5) is 0. The summed E-state index contributed by atoms with van der Waals surface area (Å²) in [5, 5.41) is 58.0. The number of rotatable bonds is 3. The van der Waals surface area contributed by atoms with E-state index in [1.165, 1.54) is 0 Å². The smallest absolute Gasteiger partial charge is 0.187 e. The Labute approximate surface area is 121 Å². The third kappa shape index (κ3) is 3.36. The minimum atomic E-state index is -1.58. The molecule has 6 N–H and O–H groups in total. The van der Waals surface area contributed by atoms with Crippen molar-refractivity contribution in [2.75, 3.05) is 13.2 Å². The standard InChI is InChI=1S/C12H22O9/c1-4-7(15)11(5(14)3-19-4)21-12-10(18)9(17)8(16)6(2-13)20-12/h4-18H,2-3H2,1H3/t4-,5+,6+,7+,8+,9-,10-,11-,12+/m0/s1. The Kier molecular flexibility index (Phi) is 5.52. The maximum Gasteiger partial charge on any atom is 0.187 e. The number of aliphatic hydroxyl groups is 6. The van der Waals surface area contributed by atoms with Crippen molar-refractivity contribution in [3.63, 3.8) is 0 Å². The zero-order chi connectivity index (χ0) is 15.7. The number of ether oxygens (including phenoxy) is 3. The summed E-state index contributed by atoms with van der Waals surface area (Å²) in [6.07, 6.45) is -11.1. The van der Waals surface area contributed by atoms with Crippen LogP contribution in [-0.2, 0) is 14.2 Å². The molecule has 2 saturated heterocycles. The second-order valence-corrected chi connectivity index (χ2v) is 5.39. The average Bonchev–Trinajstić information content (AvgIpc) is 2.47. The molecule has 0 spiro atoms. The SMILES string of the molecule is C[C@@H]1OC[C@@H](O)[C@H](O[C@H]2O[C@H](CO)[C@@H](O)[C@H](O)[C@@H]2O)[C@@H]1O. The molecule has 0 unspecified atom stereocenters. The Morgan fingerprint density at radius 3 is 2.29 bits per heavy atom. The van der Waals surface area contributed by atoms with Gasteiger partial charge in [-0.15, -0.1) is 0 Å². The van der Waals surface area contributed by atoms with Crippen molar-refractivity contribution in [2.24, 2.45) is 0 Å². The molecule has 0 bridgehead atoms. The Morgan fingerprint density at radius 2 is 1.67 bits per heavy atom. The predicted octanol–water partition coefficient (Wildman–Crippen LogP) is -3.69. The van der Waals surface area contributed by atoms with E-state index >= 15 is 0 Å². The third-order valence-electron chi connectivity index (χ3n) is 3.87. The van der Waals surface area contributed by atoms with Gasteiger partial charge in [0.1, 0.15) is 42.7 Å². The largest absolute Gasteiger partial charge is 0.394 e. The summed E-state index contributed by atoms with van der Waals surface area (Å²) in [5.74, 6) is 0. The van der Waals surface area contributed by atoms with Crippen LogP contribution >= 0.6 is 0 Å². The van der Waals surface area contributed by atoms with Crippen LogP contribution in [0.4, 0.5) is 0 Å². The van der Waals surface area contributed by atoms with Crippen LogP contribution in [0.2, 0.25) is 0 Å². The lowest BCUT2D eigenvalue weighted by Crippen LogP contribution is -2.62. The quantitative estimate of drug-likeness (QED) is 0.310. The van der Waals surface area contributed by atoms with Crippen molar-refractivity contribution < 1.29 is 44.8 Å². The van der Waals surface area contributed by atoms with Crippen LogP contribution in [0.3, 0.4) is 0 Å². The Balaban J connectivity index is 2.06. The number of aliphatic hydroxyl groups excluding tert-OH is 6. The van der Waals surface area contributed by atoms with Crippen LogP contribution in [0.5, 0.6) is 0 Å². The molecule has 9 heteroatoms. The summed E-state index contributed by atoms with van der Waals surface area (Å²) in [6.45, 7) is 0.959. The fourth-order valence-electron chi connectivity index (χ4n) is 2.44. The predicted molar refractivity (Wildman–Crippen MR) is 66.1 cm³/mol. The summed E-state index contributed by atoms with van der Waals surface area (Å²) in [6, 6.07) is 0. The van der Waals surface area contributed by atoms with Gasteiger partial charge < -0.3 is 44.8 Å². The van der Waals surface area contributed by atoms with Crippen LogP contribution in [0.25, 0.3) is 0 Å². The van der Waals surface area contributed by atoms with Gasteiger partial charge in [0.25, 0.3) is 0 Å². The minimum Gasteiger partial charge on any atom is -0.394 e. The lowest BCUT2D eigenvalue weighted by Gasteiger charge is -2.43. The van der Waals surface area contributed by atoms with Crippen LogP contribution in [0.15, 0.2) is 0 Å². The maximum atomic E-state index is 9.96. The van der Waals surface area contributed by atoms with Gasteiger partial charge >= 0.3 is 0 Å². The Morgan fingerprint density at radius 1 is 1.00 bits per heavy atom. The van der Waals surface area contributed by atoms with Gasteiger partial charge in [0.15, 0.2) is 6.29 Å². The molecule has 9 atom stereocenters. The molecule has 0 amide bonds. The van der Waals surface area contributed by atoms with E-state index in [0.717, 1.165) is 0 Å². The lowest BCUT2D eigenvalue weighted by atomic mass is 9.98. The van der Waals surface area contributed by atoms with E-state index < -0.39 is 61.7 Å². The highest BCUT2D eigenvalue weighted by Gasteiger charge is 2.47. The maximum absolute atomic E-state index is 9.96. The van der Waals surface area contributed by atoms with E-state index in [2.05, 4.69) is 0 Å². The molecular formula is C12H22O9. The fourth-order valence-corrected chi connectivity index (χ4v) is 2.44. The summed E-state index contributed by atoms with van der Waals surface area (Å²) >= 11 is 0. The van der Waals surface area contributed by atoms with Gasteiger partial charge in [-0.25, -0.2) is 0 Å². The zero-order valence-corrected chi connectivity index (χ0v) is 11.5. The molecule has 2 aliphatic heterocycles. The molecule has 2 heterocycles. The minimum absolute atomic E-state index is 0.0552. The van der Waals surface area contributed by atoms with E-state index in [4.69, 9.17) is 19.3 Å². The van der Waals surface area contributed by atoms with Crippen molar-refractivity contribution >= 4 is 0 Å². The van der Waals surface area contributed by atoms with Gasteiger partial charge in [0.05, 0.1) is 19.3 Å². The monoisotopic (exact) mass is 310 g/mol. The molecular weight excluding hydrogens is 288 g/mol. The first-order valence-corrected chi connectivity index (χ1v) is 6.80. The molecule has 9 nitrogen and oxygen atoms in total. The second kappa shape index (κ2) is 6.82. The highest BCUT2D eigenvalue weighted by atomic mass is 16.7. The Hall–Kier alpha value is -0.360. The van der Waals surface area contributed by atoms with Crippen LogP contribution < -0.4 is 0 Å². The fraction of sp³-hybridized carbons (Fsp3) is 1.00. The second-order valence-electron chi connectivity index (χ2n) is 5.39. The molecule has 0 aromatic heterocycles. The first-order valence-electron chi connectivity index (χ1n) is 6.80. The van der Waals surface area contributed by atoms with Gasteiger partial charge in [-0.3, -0.25) is 0 Å². The normalized spacial score (nSPS) is 51.9. The molecule has 0 radical (unpaired) electrons. The molecule has 2 rings (SSSR count). The van der Waals surface area contributed by atoms with E-state index in [1.54, 1.807) is 6.92 Å². The average molecular weight is 310 g/mol. The molecule has 0 aromatic rings. The number of hydrogen-bond donors (Lipinski definition) is 6. The molecule has 124 valence electrons. The molecule has 21 heavy (non-hydrogen) atoms. The molecule has 0 saturated carbocycles. The first kappa shape index (κ1) is 17.0. The van der Waals surface area contributed by atoms with Crippen LogP contribution in [0, 0.1) is 0 Å². The summed E-state index contributed by atoms with van der Waals surface area (Å²) in [7, 11) is 0. The van der Waals surface area contributed by atoms with Crippen LogP contribution in [-0.4, -0.2) is 99.0 Å². The van der Waals surface area contributed by atoms with Crippen molar-refractivity contribution in [1.82, 2.24) is 0 Å². The highest BCUT2D eigenvalue weighted by Crippen LogP contribution is 2.26.